The van der Waals surface area contributed by atoms with Gasteiger partial charge in [-0.3, -0.25) is 0 Å². The minimum Gasteiger partial charge on any atom is -0.472 e. The number of hydrogen-bond acceptors (Lipinski definition) is 1. The largest absolute Gasteiger partial charge is 0.472 e. The molecule has 1 heterocycles. The van der Waals surface area contributed by atoms with Crippen molar-refractivity contribution in [3.05, 3.63) is 24.2 Å². The molecule has 2 rings (SSSR count). The Morgan fingerprint density at radius 2 is 2.45 bits per heavy atom. The molecule has 1 aliphatic carbocycles. The van der Waals surface area contributed by atoms with Crippen LogP contribution in [0.5, 0.6) is 0 Å². The van der Waals surface area contributed by atoms with Crippen molar-refractivity contribution in [2.24, 2.45) is 5.92 Å². The summed E-state index contributed by atoms with van der Waals surface area (Å²) in [6.45, 7) is 1.87. The van der Waals surface area contributed by atoms with E-state index in [-0.39, 0.29) is 0 Å². The molecular weight excluding hydrogens is 138 g/mol. The Balaban J connectivity index is 1.66. The minimum atomic E-state index is 0.826. The van der Waals surface area contributed by atoms with Gasteiger partial charge in [0.1, 0.15) is 0 Å². The lowest BCUT2D eigenvalue weighted by atomic mass is 10.3. The summed E-state index contributed by atoms with van der Waals surface area (Å²) in [5, 5.41) is 4.42. The number of nitrogens with zero attached hydrogens (tertiary/aromatic N) is 1. The van der Waals surface area contributed by atoms with E-state index in [2.05, 4.69) is 5.32 Å². The van der Waals surface area contributed by atoms with Crippen LogP contribution in [-0.2, 0) is 6.54 Å². The highest BCUT2D eigenvalue weighted by molar-refractivity contribution is 5.04. The number of rotatable bonds is 4. The second-order valence-corrected chi connectivity index (χ2v) is 3.14. The summed E-state index contributed by atoms with van der Waals surface area (Å²) in [5.74, 6) is 0.905. The van der Waals surface area contributed by atoms with Crippen LogP contribution in [0.2, 0.25) is 0 Å². The van der Waals surface area contributed by atoms with E-state index in [1.54, 1.807) is 12.5 Å². The third-order valence-corrected chi connectivity index (χ3v) is 1.96. The maximum absolute atomic E-state index is 4.93. The summed E-state index contributed by atoms with van der Waals surface area (Å²) in [6, 6.07) is 1.97. The second-order valence-electron chi connectivity index (χ2n) is 3.14. The van der Waals surface area contributed by atoms with Gasteiger partial charge in [0.15, 0.2) is 0 Å². The van der Waals surface area contributed by atoms with Crippen LogP contribution >= 0.6 is 0 Å². The summed E-state index contributed by atoms with van der Waals surface area (Å²) >= 11 is 0. The first-order valence-corrected chi connectivity index (χ1v) is 4.09. The molecule has 1 saturated carbocycles. The molecule has 0 bridgehead atoms. The molecule has 0 saturated heterocycles. The van der Waals surface area contributed by atoms with Gasteiger partial charge < -0.3 is 4.42 Å². The van der Waals surface area contributed by atoms with Crippen LogP contribution in [-0.4, -0.2) is 6.54 Å². The average Bonchev–Trinajstić information content (AvgIpc) is 2.66. The molecule has 1 aromatic rings. The summed E-state index contributed by atoms with van der Waals surface area (Å²) in [7, 11) is 0. The number of furan rings is 1. The zero-order valence-corrected chi connectivity index (χ0v) is 6.49. The smallest absolute Gasteiger partial charge is 0.0948 e. The van der Waals surface area contributed by atoms with Gasteiger partial charge in [0.2, 0.25) is 0 Å². The minimum absolute atomic E-state index is 0.826. The van der Waals surface area contributed by atoms with Gasteiger partial charge >= 0.3 is 0 Å². The van der Waals surface area contributed by atoms with Crippen molar-refractivity contribution in [2.45, 2.75) is 19.4 Å². The predicted molar refractivity (Wildman–Crippen MR) is 42.1 cm³/mol. The van der Waals surface area contributed by atoms with Gasteiger partial charge in [-0.1, -0.05) is 0 Å². The maximum atomic E-state index is 4.93. The second kappa shape index (κ2) is 3.09. The normalized spacial score (nSPS) is 17.1. The quantitative estimate of drug-likeness (QED) is 0.643. The van der Waals surface area contributed by atoms with Crippen LogP contribution in [0.15, 0.2) is 23.0 Å². The molecule has 0 unspecified atom stereocenters. The predicted octanol–water partition coefficient (Wildman–Crippen LogP) is 1.79. The van der Waals surface area contributed by atoms with Gasteiger partial charge in [0, 0.05) is 18.7 Å². The van der Waals surface area contributed by atoms with Crippen LogP contribution in [0.3, 0.4) is 0 Å². The van der Waals surface area contributed by atoms with E-state index in [0.29, 0.717) is 0 Å². The van der Waals surface area contributed by atoms with Crippen molar-refractivity contribution in [3.8, 4) is 0 Å². The average molecular weight is 150 g/mol. The fourth-order valence-electron chi connectivity index (χ4n) is 1.06. The van der Waals surface area contributed by atoms with Crippen LogP contribution in [0, 0.1) is 5.92 Å². The lowest BCUT2D eigenvalue weighted by Gasteiger charge is -1.96. The van der Waals surface area contributed by atoms with Crippen molar-refractivity contribution in [1.82, 2.24) is 5.32 Å². The van der Waals surface area contributed by atoms with Crippen LogP contribution in [0.4, 0.5) is 0 Å². The Labute approximate surface area is 66.6 Å². The SMILES string of the molecule is c1cc(C[N]CC2CC2)co1. The van der Waals surface area contributed by atoms with Gasteiger partial charge in [0.25, 0.3) is 0 Å². The molecule has 11 heavy (non-hydrogen) atoms. The molecule has 2 nitrogen and oxygen atoms in total. The van der Waals surface area contributed by atoms with Crippen molar-refractivity contribution in [1.29, 1.82) is 0 Å². The van der Waals surface area contributed by atoms with Crippen molar-refractivity contribution in [3.63, 3.8) is 0 Å². The lowest BCUT2D eigenvalue weighted by molar-refractivity contribution is 0.557. The molecule has 1 aliphatic rings. The fraction of sp³-hybridized carbons (Fsp3) is 0.556. The summed E-state index contributed by atoms with van der Waals surface area (Å²) < 4.78 is 4.93. The van der Waals surface area contributed by atoms with E-state index in [9.17, 15) is 0 Å². The molecule has 2 heteroatoms. The van der Waals surface area contributed by atoms with Gasteiger partial charge in [-0.05, 0) is 24.8 Å². The van der Waals surface area contributed by atoms with Crippen LogP contribution in [0.25, 0.3) is 0 Å². The van der Waals surface area contributed by atoms with Gasteiger partial charge in [0.05, 0.1) is 12.5 Å². The molecule has 0 aromatic carbocycles. The van der Waals surface area contributed by atoms with Gasteiger partial charge in [-0.25, -0.2) is 5.32 Å². The topological polar surface area (TPSA) is 27.2 Å². The molecule has 1 aromatic heterocycles. The third-order valence-electron chi connectivity index (χ3n) is 1.96. The summed E-state index contributed by atoms with van der Waals surface area (Å²) in [5.41, 5.74) is 1.19. The highest BCUT2D eigenvalue weighted by Crippen LogP contribution is 2.27. The first kappa shape index (κ1) is 6.92. The Morgan fingerprint density at radius 1 is 1.55 bits per heavy atom. The van der Waals surface area contributed by atoms with E-state index in [1.165, 1.54) is 18.4 Å². The molecule has 0 amide bonds. The monoisotopic (exact) mass is 150 g/mol. The Hall–Kier alpha value is -0.760. The van der Waals surface area contributed by atoms with Crippen molar-refractivity contribution < 1.29 is 4.42 Å². The molecular formula is C9H12NO. The van der Waals surface area contributed by atoms with Gasteiger partial charge in [-0.2, -0.15) is 0 Å². The maximum Gasteiger partial charge on any atom is 0.0948 e. The van der Waals surface area contributed by atoms with Crippen molar-refractivity contribution in [2.75, 3.05) is 6.54 Å². The van der Waals surface area contributed by atoms with E-state index in [1.807, 2.05) is 6.07 Å². The molecule has 0 spiro atoms. The van der Waals surface area contributed by atoms with Crippen LogP contribution in [0.1, 0.15) is 18.4 Å². The summed E-state index contributed by atoms with van der Waals surface area (Å²) in [4.78, 5) is 0. The molecule has 59 valence electrons. The molecule has 0 atom stereocenters. The standard InChI is InChI=1S/C9H12NO/c1-2-8(1)5-10-6-9-3-4-11-7-9/h3-4,7-8H,1-2,5-6H2. The van der Waals surface area contributed by atoms with E-state index in [4.69, 9.17) is 4.42 Å². The Morgan fingerprint density at radius 3 is 3.09 bits per heavy atom. The number of hydrogen-bond donors (Lipinski definition) is 0. The summed E-state index contributed by atoms with van der Waals surface area (Å²) in [6.07, 6.45) is 6.22. The van der Waals surface area contributed by atoms with E-state index < -0.39 is 0 Å². The molecule has 0 N–H and O–H groups in total. The third kappa shape index (κ3) is 2.09. The molecule has 1 fully saturated rings. The zero-order chi connectivity index (χ0) is 7.52. The zero-order valence-electron chi connectivity index (χ0n) is 6.49. The highest BCUT2D eigenvalue weighted by Gasteiger charge is 2.20. The Kier molecular flexibility index (Phi) is 1.95. The highest BCUT2D eigenvalue weighted by atomic mass is 16.3. The molecule has 1 radical (unpaired) electrons. The van der Waals surface area contributed by atoms with Crippen LogP contribution < -0.4 is 5.32 Å². The van der Waals surface area contributed by atoms with Gasteiger partial charge in [-0.15, -0.1) is 0 Å². The molecule has 0 aliphatic heterocycles. The fourth-order valence-corrected chi connectivity index (χ4v) is 1.06. The first-order valence-electron chi connectivity index (χ1n) is 4.09. The Bertz CT molecular complexity index is 201. The van der Waals surface area contributed by atoms with E-state index >= 15 is 0 Å². The van der Waals surface area contributed by atoms with E-state index in [0.717, 1.165) is 19.0 Å². The lowest BCUT2D eigenvalue weighted by Crippen LogP contribution is -2.07. The first-order chi connectivity index (χ1) is 5.45. The van der Waals surface area contributed by atoms with Crippen molar-refractivity contribution >= 4 is 0 Å².